The van der Waals surface area contributed by atoms with E-state index in [9.17, 15) is 4.79 Å². The van der Waals surface area contributed by atoms with E-state index in [1.54, 1.807) is 0 Å². The van der Waals surface area contributed by atoms with E-state index in [1.807, 2.05) is 54.6 Å². The molecule has 1 N–H and O–H groups in total. The number of pyridine rings is 1. The molecule has 1 aliphatic heterocycles. The summed E-state index contributed by atoms with van der Waals surface area (Å²) in [6.07, 6.45) is 2.17. The Labute approximate surface area is 197 Å². The van der Waals surface area contributed by atoms with E-state index < -0.39 is 0 Å². The van der Waals surface area contributed by atoms with Crippen molar-refractivity contribution >= 4 is 22.7 Å². The topological polar surface area (TPSA) is 80.5 Å². The Hall–Kier alpha value is -3.55. The summed E-state index contributed by atoms with van der Waals surface area (Å²) in [5, 5.41) is 8.12. The van der Waals surface area contributed by atoms with Crippen molar-refractivity contribution in [2.24, 2.45) is 0 Å². The van der Waals surface area contributed by atoms with Gasteiger partial charge in [-0.15, -0.1) is 0 Å². The summed E-state index contributed by atoms with van der Waals surface area (Å²) in [5.74, 6) is 0.207. The zero-order valence-corrected chi connectivity index (χ0v) is 18.9. The smallest absolute Gasteiger partial charge is 0.259 e. The average Bonchev–Trinajstić information content (AvgIpc) is 3.65. The standard InChI is InChI=1S/C27H26N4O3/c32-26(28-22-9-5-4-8-20(22)17-31-12-14-33-15-13-31)21-16-23(18-10-11-18)29-27-24(21)25(30-34-27)19-6-2-1-3-7-19/h1-9,16,18H,10-15,17H2,(H,28,32). The van der Waals surface area contributed by atoms with E-state index in [-0.39, 0.29) is 5.91 Å². The van der Waals surface area contributed by atoms with Gasteiger partial charge < -0.3 is 14.6 Å². The Morgan fingerprint density at radius 1 is 1.03 bits per heavy atom. The van der Waals surface area contributed by atoms with Crippen LogP contribution in [0.2, 0.25) is 0 Å². The molecule has 0 radical (unpaired) electrons. The van der Waals surface area contributed by atoms with E-state index in [0.717, 1.165) is 68.2 Å². The van der Waals surface area contributed by atoms with Crippen molar-refractivity contribution in [3.63, 3.8) is 0 Å². The number of ether oxygens (including phenoxy) is 1. The van der Waals surface area contributed by atoms with E-state index in [0.29, 0.717) is 28.3 Å². The molecule has 7 nitrogen and oxygen atoms in total. The minimum atomic E-state index is -0.177. The summed E-state index contributed by atoms with van der Waals surface area (Å²) in [4.78, 5) is 20.8. The molecule has 6 rings (SSSR count). The molecule has 0 bridgehead atoms. The number of amides is 1. The molecule has 0 spiro atoms. The zero-order chi connectivity index (χ0) is 22.9. The van der Waals surface area contributed by atoms with Crippen molar-refractivity contribution < 1.29 is 14.1 Å². The minimum Gasteiger partial charge on any atom is -0.379 e. The van der Waals surface area contributed by atoms with Crippen LogP contribution >= 0.6 is 0 Å². The van der Waals surface area contributed by atoms with Crippen molar-refractivity contribution in [2.75, 3.05) is 31.6 Å². The van der Waals surface area contributed by atoms with Crippen LogP contribution in [0, 0.1) is 0 Å². The van der Waals surface area contributed by atoms with Crippen LogP contribution in [0.3, 0.4) is 0 Å². The van der Waals surface area contributed by atoms with Crippen LogP contribution in [0.5, 0.6) is 0 Å². The average molecular weight is 455 g/mol. The predicted molar refractivity (Wildman–Crippen MR) is 130 cm³/mol. The van der Waals surface area contributed by atoms with Gasteiger partial charge in [0.05, 0.1) is 24.2 Å². The monoisotopic (exact) mass is 454 g/mol. The molecule has 4 aromatic rings. The molecule has 2 aliphatic rings. The van der Waals surface area contributed by atoms with Gasteiger partial charge in [-0.05, 0) is 30.5 Å². The van der Waals surface area contributed by atoms with Crippen LogP contribution in [-0.4, -0.2) is 47.3 Å². The van der Waals surface area contributed by atoms with Crippen LogP contribution in [-0.2, 0) is 11.3 Å². The Balaban J connectivity index is 1.37. The molecule has 172 valence electrons. The second kappa shape index (κ2) is 9.00. The highest BCUT2D eigenvalue weighted by Crippen LogP contribution is 2.41. The lowest BCUT2D eigenvalue weighted by Gasteiger charge is -2.27. The largest absolute Gasteiger partial charge is 0.379 e. The fourth-order valence-corrected chi connectivity index (χ4v) is 4.50. The molecule has 7 heteroatoms. The molecule has 2 aromatic carbocycles. The normalized spacial score (nSPS) is 16.6. The number of para-hydroxylation sites is 1. The Morgan fingerprint density at radius 3 is 2.59 bits per heavy atom. The van der Waals surface area contributed by atoms with Crippen LogP contribution in [0.1, 0.15) is 40.4 Å². The van der Waals surface area contributed by atoms with Gasteiger partial charge in [-0.3, -0.25) is 9.69 Å². The number of rotatable bonds is 6. The number of hydrogen-bond acceptors (Lipinski definition) is 6. The van der Waals surface area contributed by atoms with Crippen molar-refractivity contribution in [2.45, 2.75) is 25.3 Å². The first-order valence-electron chi connectivity index (χ1n) is 11.8. The molecule has 34 heavy (non-hydrogen) atoms. The van der Waals surface area contributed by atoms with E-state index >= 15 is 0 Å². The number of fused-ring (bicyclic) bond motifs is 1. The Bertz CT molecular complexity index is 1320. The van der Waals surface area contributed by atoms with E-state index in [1.165, 1.54) is 0 Å². The lowest BCUT2D eigenvalue weighted by atomic mass is 10.0. The van der Waals surface area contributed by atoms with Crippen molar-refractivity contribution in [1.82, 2.24) is 15.0 Å². The number of nitrogens with one attached hydrogen (secondary N) is 1. The molecule has 1 saturated carbocycles. The fourth-order valence-electron chi connectivity index (χ4n) is 4.50. The summed E-state index contributed by atoms with van der Waals surface area (Å²) < 4.78 is 11.1. The van der Waals surface area contributed by atoms with Crippen LogP contribution in [0.15, 0.2) is 65.2 Å². The van der Waals surface area contributed by atoms with E-state index in [2.05, 4.69) is 21.4 Å². The highest BCUT2D eigenvalue weighted by atomic mass is 16.5. The zero-order valence-electron chi connectivity index (χ0n) is 18.9. The van der Waals surface area contributed by atoms with Crippen LogP contribution in [0.4, 0.5) is 5.69 Å². The SMILES string of the molecule is O=C(Nc1ccccc1CN1CCOCC1)c1cc(C2CC2)nc2onc(-c3ccccc3)c12. The molecular weight excluding hydrogens is 428 g/mol. The van der Waals surface area contributed by atoms with Crippen molar-refractivity contribution in [3.05, 3.63) is 77.5 Å². The van der Waals surface area contributed by atoms with Gasteiger partial charge in [0.25, 0.3) is 11.6 Å². The lowest BCUT2D eigenvalue weighted by molar-refractivity contribution is 0.0342. The third kappa shape index (κ3) is 4.20. The van der Waals surface area contributed by atoms with Gasteiger partial charge >= 0.3 is 0 Å². The molecule has 1 saturated heterocycles. The molecule has 3 heterocycles. The predicted octanol–water partition coefficient (Wildman–Crippen LogP) is 4.85. The number of carbonyl (C=O) groups excluding carboxylic acids is 1. The number of hydrogen-bond donors (Lipinski definition) is 1. The third-order valence-corrected chi connectivity index (χ3v) is 6.52. The van der Waals surface area contributed by atoms with Gasteiger partial charge in [-0.1, -0.05) is 53.7 Å². The van der Waals surface area contributed by atoms with Gasteiger partial charge in [-0.25, -0.2) is 4.98 Å². The second-order valence-corrected chi connectivity index (χ2v) is 8.95. The van der Waals surface area contributed by atoms with Crippen molar-refractivity contribution in [1.29, 1.82) is 0 Å². The number of benzene rings is 2. The van der Waals surface area contributed by atoms with Gasteiger partial charge in [0.15, 0.2) is 0 Å². The quantitative estimate of drug-likeness (QED) is 0.449. The maximum Gasteiger partial charge on any atom is 0.259 e. The van der Waals surface area contributed by atoms with Crippen LogP contribution in [0.25, 0.3) is 22.4 Å². The van der Waals surface area contributed by atoms with Gasteiger partial charge in [-0.2, -0.15) is 0 Å². The van der Waals surface area contributed by atoms with Gasteiger partial charge in [0.1, 0.15) is 5.69 Å². The number of carbonyl (C=O) groups is 1. The van der Waals surface area contributed by atoms with Gasteiger partial charge in [0.2, 0.25) is 0 Å². The van der Waals surface area contributed by atoms with Crippen LogP contribution < -0.4 is 5.32 Å². The number of morpholine rings is 1. The molecule has 0 atom stereocenters. The second-order valence-electron chi connectivity index (χ2n) is 8.95. The molecule has 2 aromatic heterocycles. The summed E-state index contributed by atoms with van der Waals surface area (Å²) in [6, 6.07) is 19.7. The summed E-state index contributed by atoms with van der Waals surface area (Å²) in [6.45, 7) is 4.02. The molecule has 1 aliphatic carbocycles. The Kier molecular flexibility index (Phi) is 5.57. The third-order valence-electron chi connectivity index (χ3n) is 6.52. The maximum absolute atomic E-state index is 13.7. The molecule has 1 amide bonds. The van der Waals surface area contributed by atoms with Crippen molar-refractivity contribution in [3.8, 4) is 11.3 Å². The molecule has 2 fully saturated rings. The molecule has 0 unspecified atom stereocenters. The first kappa shape index (κ1) is 21.0. The summed E-state index contributed by atoms with van der Waals surface area (Å²) in [7, 11) is 0. The summed E-state index contributed by atoms with van der Waals surface area (Å²) in [5.41, 5.74) is 5.29. The van der Waals surface area contributed by atoms with E-state index in [4.69, 9.17) is 14.2 Å². The number of anilines is 1. The first-order valence-corrected chi connectivity index (χ1v) is 11.8. The fraction of sp³-hybridized carbons (Fsp3) is 0.296. The minimum absolute atomic E-state index is 0.177. The lowest BCUT2D eigenvalue weighted by Crippen LogP contribution is -2.35. The Morgan fingerprint density at radius 2 is 1.79 bits per heavy atom. The van der Waals surface area contributed by atoms with Gasteiger partial charge in [0, 0.05) is 42.5 Å². The number of aromatic nitrogens is 2. The summed E-state index contributed by atoms with van der Waals surface area (Å²) >= 11 is 0. The number of nitrogens with zero attached hydrogens (tertiary/aromatic N) is 3. The highest BCUT2D eigenvalue weighted by Gasteiger charge is 2.29. The highest BCUT2D eigenvalue weighted by molar-refractivity contribution is 6.15. The molecular formula is C27H26N4O3. The maximum atomic E-state index is 13.7. The first-order chi connectivity index (χ1) is 16.8.